The monoisotopic (exact) mass is 373 g/mol. The van der Waals surface area contributed by atoms with Crippen molar-refractivity contribution in [2.45, 2.75) is 13.5 Å². The number of halogens is 1. The molecule has 0 spiro atoms. The molecule has 0 saturated carbocycles. The fourth-order valence-electron chi connectivity index (χ4n) is 2.91. The number of aromatic nitrogens is 2. The number of benzene rings is 2. The maximum absolute atomic E-state index is 12.5. The van der Waals surface area contributed by atoms with E-state index in [1.165, 1.54) is 14.2 Å². The highest BCUT2D eigenvalue weighted by atomic mass is 35.5. The van der Waals surface area contributed by atoms with Crippen LogP contribution in [0.3, 0.4) is 0 Å². The van der Waals surface area contributed by atoms with Crippen molar-refractivity contribution < 1.29 is 14.3 Å². The van der Waals surface area contributed by atoms with E-state index in [2.05, 4.69) is 14.9 Å². The lowest BCUT2D eigenvalue weighted by atomic mass is 10.2. The first-order valence-electron chi connectivity index (χ1n) is 8.16. The zero-order valence-electron chi connectivity index (χ0n) is 14.9. The van der Waals surface area contributed by atoms with E-state index in [-0.39, 0.29) is 5.91 Å². The van der Waals surface area contributed by atoms with Crippen molar-refractivity contribution in [1.29, 1.82) is 0 Å². The molecule has 0 saturated heterocycles. The number of rotatable bonds is 6. The summed E-state index contributed by atoms with van der Waals surface area (Å²) >= 11 is 6.16. The minimum absolute atomic E-state index is 0.227. The number of fused-ring (bicyclic) bond motifs is 1. The SMILES string of the molecule is COc1cc(C(=O)NCCn2c(C)nc3ccccc32)cc(Cl)c1OC. The number of methoxy groups -OCH3 is 2. The number of nitrogens with zero attached hydrogens (tertiary/aromatic N) is 2. The first-order valence-corrected chi connectivity index (χ1v) is 8.54. The number of amides is 1. The summed E-state index contributed by atoms with van der Waals surface area (Å²) < 4.78 is 12.5. The van der Waals surface area contributed by atoms with Crippen molar-refractivity contribution in [2.24, 2.45) is 0 Å². The largest absolute Gasteiger partial charge is 0.493 e. The summed E-state index contributed by atoms with van der Waals surface area (Å²) in [7, 11) is 3.00. The van der Waals surface area contributed by atoms with Gasteiger partial charge in [-0.1, -0.05) is 23.7 Å². The lowest BCUT2D eigenvalue weighted by Gasteiger charge is -2.12. The quantitative estimate of drug-likeness (QED) is 0.718. The number of hydrogen-bond donors (Lipinski definition) is 1. The van der Waals surface area contributed by atoms with Crippen LogP contribution in [0.5, 0.6) is 11.5 Å². The van der Waals surface area contributed by atoms with Gasteiger partial charge >= 0.3 is 0 Å². The first-order chi connectivity index (χ1) is 12.5. The van der Waals surface area contributed by atoms with Gasteiger partial charge in [0.1, 0.15) is 5.82 Å². The normalized spacial score (nSPS) is 10.8. The van der Waals surface area contributed by atoms with Crippen LogP contribution in [0.1, 0.15) is 16.2 Å². The summed E-state index contributed by atoms with van der Waals surface area (Å²) in [5.74, 6) is 1.51. The van der Waals surface area contributed by atoms with Crippen LogP contribution in [-0.2, 0) is 6.54 Å². The molecule has 3 aromatic rings. The predicted molar refractivity (Wildman–Crippen MR) is 101 cm³/mol. The second-order valence-corrected chi connectivity index (χ2v) is 6.16. The highest BCUT2D eigenvalue weighted by Gasteiger charge is 2.15. The number of para-hydroxylation sites is 2. The average molecular weight is 374 g/mol. The van der Waals surface area contributed by atoms with E-state index in [4.69, 9.17) is 21.1 Å². The van der Waals surface area contributed by atoms with Gasteiger partial charge in [0, 0.05) is 18.7 Å². The van der Waals surface area contributed by atoms with Gasteiger partial charge in [0.05, 0.1) is 30.3 Å². The summed E-state index contributed by atoms with van der Waals surface area (Å²) in [5.41, 5.74) is 2.41. The molecule has 1 amide bonds. The smallest absolute Gasteiger partial charge is 0.251 e. The Balaban J connectivity index is 1.71. The third kappa shape index (κ3) is 3.46. The van der Waals surface area contributed by atoms with Crippen molar-refractivity contribution >= 4 is 28.5 Å². The Morgan fingerprint density at radius 1 is 1.23 bits per heavy atom. The van der Waals surface area contributed by atoms with Crippen LogP contribution in [0.2, 0.25) is 5.02 Å². The summed E-state index contributed by atoms with van der Waals surface area (Å²) in [5, 5.41) is 3.23. The molecule has 0 unspecified atom stereocenters. The van der Waals surface area contributed by atoms with E-state index < -0.39 is 0 Å². The van der Waals surface area contributed by atoms with Crippen LogP contribution in [0.25, 0.3) is 11.0 Å². The van der Waals surface area contributed by atoms with Gasteiger partial charge in [-0.05, 0) is 31.2 Å². The number of carbonyl (C=O) groups is 1. The van der Waals surface area contributed by atoms with E-state index >= 15 is 0 Å². The van der Waals surface area contributed by atoms with E-state index in [1.54, 1.807) is 12.1 Å². The van der Waals surface area contributed by atoms with E-state index in [1.807, 2.05) is 31.2 Å². The van der Waals surface area contributed by atoms with Crippen LogP contribution >= 0.6 is 11.6 Å². The Labute approximate surface area is 156 Å². The summed E-state index contributed by atoms with van der Waals surface area (Å²) in [6.45, 7) is 3.04. The Bertz CT molecular complexity index is 953. The van der Waals surface area contributed by atoms with Gasteiger partial charge in [0.25, 0.3) is 5.91 Å². The number of nitrogens with one attached hydrogen (secondary N) is 1. The molecule has 3 rings (SSSR count). The Kier molecular flexibility index (Phi) is 5.32. The number of imidazole rings is 1. The molecule has 1 heterocycles. The third-order valence-electron chi connectivity index (χ3n) is 4.16. The number of ether oxygens (including phenoxy) is 2. The molecule has 1 N–H and O–H groups in total. The second-order valence-electron chi connectivity index (χ2n) is 5.75. The minimum Gasteiger partial charge on any atom is -0.493 e. The number of carbonyl (C=O) groups excluding carboxylic acids is 1. The summed E-state index contributed by atoms with van der Waals surface area (Å²) in [6, 6.07) is 11.1. The Hall–Kier alpha value is -2.73. The Morgan fingerprint density at radius 2 is 2.00 bits per heavy atom. The van der Waals surface area contributed by atoms with Crippen molar-refractivity contribution in [2.75, 3.05) is 20.8 Å². The fraction of sp³-hybridized carbons (Fsp3) is 0.263. The topological polar surface area (TPSA) is 65.4 Å². The number of aryl methyl sites for hydroxylation is 1. The van der Waals surface area contributed by atoms with Gasteiger partial charge in [-0.3, -0.25) is 4.79 Å². The zero-order valence-corrected chi connectivity index (χ0v) is 15.6. The maximum Gasteiger partial charge on any atom is 0.251 e. The number of hydrogen-bond acceptors (Lipinski definition) is 4. The van der Waals surface area contributed by atoms with Crippen LogP contribution in [0, 0.1) is 6.92 Å². The molecule has 26 heavy (non-hydrogen) atoms. The predicted octanol–water partition coefficient (Wildman–Crippen LogP) is 3.45. The maximum atomic E-state index is 12.5. The minimum atomic E-state index is -0.227. The molecule has 0 bridgehead atoms. The van der Waals surface area contributed by atoms with E-state index in [0.29, 0.717) is 35.2 Å². The van der Waals surface area contributed by atoms with Gasteiger partial charge in [0.15, 0.2) is 11.5 Å². The molecular formula is C19H20ClN3O3. The standard InChI is InChI=1S/C19H20ClN3O3/c1-12-22-15-6-4-5-7-16(15)23(12)9-8-21-19(24)13-10-14(20)18(26-3)17(11-13)25-2/h4-7,10-11H,8-9H2,1-3H3,(H,21,24). The molecule has 0 fully saturated rings. The molecule has 136 valence electrons. The molecular weight excluding hydrogens is 354 g/mol. The molecule has 2 aromatic carbocycles. The van der Waals surface area contributed by atoms with Crippen molar-refractivity contribution in [1.82, 2.24) is 14.9 Å². The lowest BCUT2D eigenvalue weighted by Crippen LogP contribution is -2.27. The lowest BCUT2D eigenvalue weighted by molar-refractivity contribution is 0.0952. The van der Waals surface area contributed by atoms with Gasteiger partial charge in [-0.2, -0.15) is 0 Å². The Morgan fingerprint density at radius 3 is 2.73 bits per heavy atom. The van der Waals surface area contributed by atoms with Crippen LogP contribution in [0.4, 0.5) is 0 Å². The van der Waals surface area contributed by atoms with Gasteiger partial charge < -0.3 is 19.4 Å². The summed E-state index contributed by atoms with van der Waals surface area (Å²) in [6.07, 6.45) is 0. The average Bonchev–Trinajstić information content (AvgIpc) is 2.96. The van der Waals surface area contributed by atoms with Crippen LogP contribution in [-0.4, -0.2) is 36.2 Å². The highest BCUT2D eigenvalue weighted by molar-refractivity contribution is 6.32. The van der Waals surface area contributed by atoms with Gasteiger partial charge in [-0.25, -0.2) is 4.98 Å². The molecule has 0 atom stereocenters. The molecule has 7 heteroatoms. The van der Waals surface area contributed by atoms with E-state index in [0.717, 1.165) is 16.9 Å². The van der Waals surface area contributed by atoms with Crippen molar-refractivity contribution in [3.63, 3.8) is 0 Å². The van der Waals surface area contributed by atoms with E-state index in [9.17, 15) is 4.79 Å². The highest BCUT2D eigenvalue weighted by Crippen LogP contribution is 2.35. The second kappa shape index (κ2) is 7.66. The zero-order chi connectivity index (χ0) is 18.7. The first kappa shape index (κ1) is 18.1. The van der Waals surface area contributed by atoms with Crippen LogP contribution < -0.4 is 14.8 Å². The van der Waals surface area contributed by atoms with Gasteiger partial charge in [-0.15, -0.1) is 0 Å². The molecule has 0 aliphatic heterocycles. The van der Waals surface area contributed by atoms with Gasteiger partial charge in [0.2, 0.25) is 0 Å². The molecule has 0 radical (unpaired) electrons. The van der Waals surface area contributed by atoms with Crippen molar-refractivity contribution in [3.05, 3.63) is 52.8 Å². The molecule has 6 nitrogen and oxygen atoms in total. The third-order valence-corrected chi connectivity index (χ3v) is 4.44. The van der Waals surface area contributed by atoms with Crippen molar-refractivity contribution in [3.8, 4) is 11.5 Å². The summed E-state index contributed by atoms with van der Waals surface area (Å²) in [4.78, 5) is 17.0. The fourth-order valence-corrected chi connectivity index (χ4v) is 3.20. The molecule has 0 aliphatic rings. The molecule has 0 aliphatic carbocycles. The molecule has 1 aromatic heterocycles. The van der Waals surface area contributed by atoms with Crippen LogP contribution in [0.15, 0.2) is 36.4 Å².